The van der Waals surface area contributed by atoms with Crippen LogP contribution in [-0.2, 0) is 26.0 Å². The fourth-order valence-corrected chi connectivity index (χ4v) is 5.28. The second kappa shape index (κ2) is 14.1. The number of nitrogens with zero attached hydrogens (tertiary/aromatic N) is 1. The summed E-state index contributed by atoms with van der Waals surface area (Å²) >= 11 is 0. The van der Waals surface area contributed by atoms with E-state index in [9.17, 15) is 23.1 Å². The number of sulfonamides is 1. The van der Waals surface area contributed by atoms with Crippen molar-refractivity contribution >= 4 is 27.7 Å². The molecule has 0 fully saturated rings. The predicted molar refractivity (Wildman–Crippen MR) is 144 cm³/mol. The van der Waals surface area contributed by atoms with Crippen molar-refractivity contribution in [1.29, 1.82) is 0 Å². The summed E-state index contributed by atoms with van der Waals surface area (Å²) in [6.07, 6.45) is -1.58. The lowest BCUT2D eigenvalue weighted by Gasteiger charge is -2.30. The van der Waals surface area contributed by atoms with Gasteiger partial charge in [-0.25, -0.2) is 13.2 Å². The fourth-order valence-electron chi connectivity index (χ4n) is 3.66. The van der Waals surface area contributed by atoms with E-state index in [1.807, 2.05) is 58.0 Å². The van der Waals surface area contributed by atoms with Crippen molar-refractivity contribution in [1.82, 2.24) is 9.62 Å². The van der Waals surface area contributed by atoms with Crippen LogP contribution in [0.4, 0.5) is 10.5 Å². The smallest absolute Gasteiger partial charge is 0.407 e. The van der Waals surface area contributed by atoms with Crippen molar-refractivity contribution in [2.24, 2.45) is 11.8 Å². The number of hydrogen-bond donors (Lipinski definition) is 3. The van der Waals surface area contributed by atoms with Gasteiger partial charge in [0.25, 0.3) is 0 Å². The van der Waals surface area contributed by atoms with Gasteiger partial charge in [0.15, 0.2) is 0 Å². The Kier molecular flexibility index (Phi) is 11.5. The number of benzene rings is 2. The van der Waals surface area contributed by atoms with Crippen LogP contribution in [0.5, 0.6) is 0 Å². The molecule has 0 spiro atoms. The third-order valence-electron chi connectivity index (χ3n) is 5.39. The molecule has 0 aliphatic rings. The Balaban J connectivity index is 2.28. The summed E-state index contributed by atoms with van der Waals surface area (Å²) in [6.45, 7) is 9.15. The van der Waals surface area contributed by atoms with E-state index in [-0.39, 0.29) is 42.3 Å². The van der Waals surface area contributed by atoms with E-state index in [1.165, 1.54) is 35.5 Å². The lowest BCUT2D eigenvalue weighted by Crippen LogP contribution is -2.51. The molecule has 0 saturated heterocycles. The minimum Gasteiger partial charge on any atom is -0.449 e. The van der Waals surface area contributed by atoms with Crippen LogP contribution in [0.2, 0.25) is 0 Å². The molecule has 0 saturated carbocycles. The normalized spacial score (nSPS) is 13.4. The summed E-state index contributed by atoms with van der Waals surface area (Å²) in [5.41, 5.74) is 1.36. The van der Waals surface area contributed by atoms with E-state index >= 15 is 0 Å². The number of nitrogens with one attached hydrogen (secondary N) is 2. The highest BCUT2D eigenvalue weighted by atomic mass is 32.2. The van der Waals surface area contributed by atoms with E-state index in [2.05, 4.69) is 10.6 Å². The van der Waals surface area contributed by atoms with Gasteiger partial charge in [0.05, 0.1) is 23.6 Å². The van der Waals surface area contributed by atoms with E-state index in [4.69, 9.17) is 4.74 Å². The van der Waals surface area contributed by atoms with Crippen molar-refractivity contribution in [3.8, 4) is 0 Å². The van der Waals surface area contributed by atoms with Gasteiger partial charge < -0.3 is 20.5 Å². The zero-order valence-electron chi connectivity index (χ0n) is 22.2. The van der Waals surface area contributed by atoms with E-state index < -0.39 is 28.3 Å². The molecule has 9 nitrogen and oxygen atoms in total. The van der Waals surface area contributed by atoms with Gasteiger partial charge in [-0.05, 0) is 48.1 Å². The summed E-state index contributed by atoms with van der Waals surface area (Å²) in [5.74, 6) is -0.131. The lowest BCUT2D eigenvalue weighted by atomic mass is 10.0. The predicted octanol–water partition coefficient (Wildman–Crippen LogP) is 3.65. The van der Waals surface area contributed by atoms with Crippen molar-refractivity contribution in [2.45, 2.75) is 58.1 Å². The van der Waals surface area contributed by atoms with Gasteiger partial charge >= 0.3 is 6.09 Å². The maximum atomic E-state index is 13.5. The summed E-state index contributed by atoms with van der Waals surface area (Å²) in [4.78, 5) is 23.8. The number of anilines is 1. The standard InChI is InChI=1S/C27H39N3O6S/c1-19(2)16-30(37(34,35)24-13-11-23(12-14-24)28-21(5)31)17-26(32)25(15-22-9-7-6-8-10-22)29-27(33)36-18-20(3)4/h6-14,19-20,25-26,32H,15-18H2,1-5H3,(H,28,31)(H,29,33)/t25-,26+/m0/s1. The molecular formula is C27H39N3O6S. The third kappa shape index (κ3) is 10.1. The Hall–Kier alpha value is -2.95. The SMILES string of the molecule is CC(=O)Nc1ccc(S(=O)(=O)N(CC(C)C)C[C@@H](O)[C@H](Cc2ccccc2)NC(=O)OCC(C)C)cc1. The third-order valence-corrected chi connectivity index (χ3v) is 7.23. The average Bonchev–Trinajstić information content (AvgIpc) is 2.82. The molecule has 0 aliphatic carbocycles. The first-order chi connectivity index (χ1) is 17.4. The van der Waals surface area contributed by atoms with Crippen LogP contribution in [0.1, 0.15) is 40.2 Å². The van der Waals surface area contributed by atoms with Crippen LogP contribution in [0, 0.1) is 11.8 Å². The van der Waals surface area contributed by atoms with Gasteiger partial charge in [-0.1, -0.05) is 58.0 Å². The monoisotopic (exact) mass is 533 g/mol. The van der Waals surface area contributed by atoms with Crippen LogP contribution in [0.15, 0.2) is 59.5 Å². The van der Waals surface area contributed by atoms with Crippen LogP contribution in [0.3, 0.4) is 0 Å². The molecule has 10 heteroatoms. The van der Waals surface area contributed by atoms with Gasteiger partial charge in [-0.2, -0.15) is 4.31 Å². The Morgan fingerprint density at radius 2 is 1.57 bits per heavy atom. The van der Waals surface area contributed by atoms with E-state index in [0.717, 1.165) is 5.56 Å². The number of aliphatic hydroxyl groups excluding tert-OH is 1. The van der Waals surface area contributed by atoms with Crippen molar-refractivity contribution in [3.63, 3.8) is 0 Å². The number of hydrogen-bond acceptors (Lipinski definition) is 6. The fraction of sp³-hybridized carbons (Fsp3) is 0.481. The number of amides is 2. The van der Waals surface area contributed by atoms with Crippen LogP contribution < -0.4 is 10.6 Å². The Labute approximate surface area is 220 Å². The second-order valence-electron chi connectivity index (χ2n) is 9.92. The Morgan fingerprint density at radius 3 is 2.11 bits per heavy atom. The highest BCUT2D eigenvalue weighted by Crippen LogP contribution is 2.21. The quantitative estimate of drug-likeness (QED) is 0.361. The molecular weight excluding hydrogens is 494 g/mol. The van der Waals surface area contributed by atoms with E-state index in [1.54, 1.807) is 0 Å². The largest absolute Gasteiger partial charge is 0.449 e. The van der Waals surface area contributed by atoms with E-state index in [0.29, 0.717) is 12.1 Å². The van der Waals surface area contributed by atoms with Crippen molar-refractivity contribution in [2.75, 3.05) is 25.0 Å². The Morgan fingerprint density at radius 1 is 0.946 bits per heavy atom. The molecule has 0 heterocycles. The highest BCUT2D eigenvalue weighted by Gasteiger charge is 2.31. The molecule has 0 bridgehead atoms. The lowest BCUT2D eigenvalue weighted by molar-refractivity contribution is -0.114. The van der Waals surface area contributed by atoms with Gasteiger partial charge in [-0.15, -0.1) is 0 Å². The molecule has 3 N–H and O–H groups in total. The maximum Gasteiger partial charge on any atom is 0.407 e. The first-order valence-electron chi connectivity index (χ1n) is 12.4. The zero-order chi connectivity index (χ0) is 27.6. The molecule has 0 aliphatic heterocycles. The minimum atomic E-state index is -3.98. The number of ether oxygens (including phenoxy) is 1. The van der Waals surface area contributed by atoms with Gasteiger partial charge in [0.1, 0.15) is 0 Å². The first-order valence-corrected chi connectivity index (χ1v) is 13.9. The minimum absolute atomic E-state index is 0.0165. The van der Waals surface area contributed by atoms with Crippen molar-refractivity contribution < 1.29 is 27.9 Å². The van der Waals surface area contributed by atoms with Crippen LogP contribution in [0.25, 0.3) is 0 Å². The first kappa shape index (κ1) is 30.3. The molecule has 2 aromatic carbocycles. The molecule has 204 valence electrons. The molecule has 0 radical (unpaired) electrons. The molecule has 2 atom stereocenters. The number of aliphatic hydroxyl groups is 1. The number of rotatable bonds is 13. The number of carbonyl (C=O) groups excluding carboxylic acids is 2. The summed E-state index contributed by atoms with van der Waals surface area (Å²) in [7, 11) is -3.98. The molecule has 2 rings (SSSR count). The van der Waals surface area contributed by atoms with Gasteiger partial charge in [0, 0.05) is 25.7 Å². The molecule has 0 unspecified atom stereocenters. The average molecular weight is 534 g/mol. The van der Waals surface area contributed by atoms with Crippen molar-refractivity contribution in [3.05, 3.63) is 60.2 Å². The molecule has 37 heavy (non-hydrogen) atoms. The number of alkyl carbamates (subject to hydrolysis) is 1. The molecule has 0 aromatic heterocycles. The summed E-state index contributed by atoms with van der Waals surface area (Å²) < 4.78 is 33.5. The van der Waals surface area contributed by atoms with Crippen LogP contribution >= 0.6 is 0 Å². The topological polar surface area (TPSA) is 125 Å². The summed E-state index contributed by atoms with van der Waals surface area (Å²) in [6, 6.07) is 14.4. The molecule has 2 amide bonds. The van der Waals surface area contributed by atoms with Gasteiger partial charge in [-0.3, -0.25) is 4.79 Å². The zero-order valence-corrected chi connectivity index (χ0v) is 23.0. The highest BCUT2D eigenvalue weighted by molar-refractivity contribution is 7.89. The summed E-state index contributed by atoms with van der Waals surface area (Å²) in [5, 5.41) is 16.5. The number of carbonyl (C=O) groups is 2. The van der Waals surface area contributed by atoms with Gasteiger partial charge in [0.2, 0.25) is 15.9 Å². The van der Waals surface area contributed by atoms with Crippen LogP contribution in [-0.4, -0.2) is 61.7 Å². The Bertz CT molecular complexity index is 1100. The maximum absolute atomic E-state index is 13.5. The molecule has 2 aromatic rings. The second-order valence-corrected chi connectivity index (χ2v) is 11.9.